The lowest BCUT2D eigenvalue weighted by atomic mass is 9.93. The van der Waals surface area contributed by atoms with E-state index in [1.165, 1.54) is 10.3 Å². The number of carbonyl (C=O) groups excluding carboxylic acids is 2. The molecule has 2 aliphatic heterocycles. The number of aryl methyl sites for hydroxylation is 2. The minimum absolute atomic E-state index is 0.0631. The lowest BCUT2D eigenvalue weighted by Crippen LogP contribution is -2.35. The van der Waals surface area contributed by atoms with Gasteiger partial charge in [0, 0.05) is 18.7 Å². The van der Waals surface area contributed by atoms with Crippen LogP contribution in [0.25, 0.3) is 11.0 Å². The van der Waals surface area contributed by atoms with Gasteiger partial charge in [-0.15, -0.1) is 0 Å². The minimum Gasteiger partial charge on any atom is -0.419 e. The van der Waals surface area contributed by atoms with Crippen LogP contribution in [-0.2, 0) is 22.6 Å². The molecule has 1 fully saturated rings. The molecule has 8 heteroatoms. The number of aromatic nitrogens is 1. The molecule has 8 nitrogen and oxygen atoms in total. The van der Waals surface area contributed by atoms with Gasteiger partial charge < -0.3 is 18.9 Å². The molecule has 2 aliphatic rings. The smallest absolute Gasteiger partial charge is 0.336 e. The van der Waals surface area contributed by atoms with Crippen molar-refractivity contribution in [3.8, 4) is 11.5 Å². The molecular formula is C27H28N2O6. The molecule has 5 rings (SSSR count). The van der Waals surface area contributed by atoms with Crippen molar-refractivity contribution in [2.75, 3.05) is 19.6 Å². The number of esters is 2. The van der Waals surface area contributed by atoms with Crippen LogP contribution in [0.5, 0.6) is 11.5 Å². The third-order valence-corrected chi connectivity index (χ3v) is 6.80. The lowest BCUT2D eigenvalue weighted by Gasteiger charge is -2.31. The number of benzene rings is 2. The first-order valence-corrected chi connectivity index (χ1v) is 12.0. The van der Waals surface area contributed by atoms with Crippen molar-refractivity contribution in [1.82, 2.24) is 9.64 Å². The molecular weight excluding hydrogens is 448 g/mol. The molecule has 3 heterocycles. The first-order valence-electron chi connectivity index (χ1n) is 12.0. The molecule has 35 heavy (non-hydrogen) atoms. The number of rotatable bonds is 6. The van der Waals surface area contributed by atoms with Crippen molar-refractivity contribution in [2.45, 2.75) is 39.2 Å². The number of hydrogen-bond donors (Lipinski definition) is 0. The quantitative estimate of drug-likeness (QED) is 0.396. The largest absolute Gasteiger partial charge is 0.419 e. The molecule has 1 aromatic heterocycles. The number of nitrogens with zero attached hydrogens (tertiary/aromatic N) is 2. The molecule has 182 valence electrons. The van der Waals surface area contributed by atoms with Crippen molar-refractivity contribution < 1.29 is 23.6 Å². The lowest BCUT2D eigenvalue weighted by molar-refractivity contribution is -0.133. The van der Waals surface area contributed by atoms with E-state index >= 15 is 0 Å². The fraction of sp³-hybridized carbons (Fsp3) is 0.370. The van der Waals surface area contributed by atoms with Crippen LogP contribution >= 0.6 is 0 Å². The highest BCUT2D eigenvalue weighted by Gasteiger charge is 2.27. The maximum atomic E-state index is 13.2. The van der Waals surface area contributed by atoms with E-state index in [0.717, 1.165) is 57.5 Å². The van der Waals surface area contributed by atoms with Crippen molar-refractivity contribution in [3.05, 3.63) is 70.0 Å². The first kappa shape index (κ1) is 23.1. The van der Waals surface area contributed by atoms with Crippen LogP contribution in [0.4, 0.5) is 0 Å². The van der Waals surface area contributed by atoms with Gasteiger partial charge in [-0.1, -0.05) is 30.3 Å². The van der Waals surface area contributed by atoms with E-state index in [4.69, 9.17) is 14.0 Å². The summed E-state index contributed by atoms with van der Waals surface area (Å²) in [6, 6.07) is 12.2. The van der Waals surface area contributed by atoms with Gasteiger partial charge in [0.05, 0.1) is 6.54 Å². The fourth-order valence-electron chi connectivity index (χ4n) is 4.81. The molecule has 0 atom stereocenters. The standard InChI is InChI=1S/C27H28N2O6/c1-18-17-21-24(26-25(18)33-22(30)7-8-23(31)34-26)27(32)29(35-21)16-12-20-10-14-28(15-11-20)13-9-19-5-3-2-4-6-19/h2-8,17,20H,9-16H2,1H3/b8-7+. The third kappa shape index (κ3) is 5.07. The Morgan fingerprint density at radius 2 is 1.60 bits per heavy atom. The van der Waals surface area contributed by atoms with Crippen LogP contribution < -0.4 is 15.0 Å². The van der Waals surface area contributed by atoms with Crippen molar-refractivity contribution in [1.29, 1.82) is 0 Å². The van der Waals surface area contributed by atoms with Crippen LogP contribution in [0.1, 0.15) is 30.4 Å². The molecule has 2 aromatic carbocycles. The Bertz CT molecular complexity index is 1330. The van der Waals surface area contributed by atoms with E-state index in [0.29, 0.717) is 23.6 Å². The van der Waals surface area contributed by atoms with Gasteiger partial charge in [-0.2, -0.15) is 4.74 Å². The molecule has 0 radical (unpaired) electrons. The summed E-state index contributed by atoms with van der Waals surface area (Å²) in [4.78, 5) is 39.6. The fourth-order valence-corrected chi connectivity index (χ4v) is 4.81. The van der Waals surface area contributed by atoms with Gasteiger partial charge in [0.25, 0.3) is 5.56 Å². The Kier molecular flexibility index (Phi) is 6.55. The number of fused-ring (bicyclic) bond motifs is 3. The van der Waals surface area contributed by atoms with Gasteiger partial charge in [0.15, 0.2) is 17.1 Å². The average Bonchev–Trinajstić information content (AvgIpc) is 3.17. The van der Waals surface area contributed by atoms with E-state index in [-0.39, 0.29) is 16.9 Å². The molecule has 0 bridgehead atoms. The van der Waals surface area contributed by atoms with Crippen molar-refractivity contribution >= 4 is 22.9 Å². The highest BCUT2D eigenvalue weighted by atomic mass is 16.6. The van der Waals surface area contributed by atoms with E-state index in [1.807, 2.05) is 6.07 Å². The predicted octanol–water partition coefficient (Wildman–Crippen LogP) is 3.63. The maximum absolute atomic E-state index is 13.2. The second-order valence-electron chi connectivity index (χ2n) is 9.21. The molecule has 0 saturated carbocycles. The number of carbonyl (C=O) groups is 2. The van der Waals surface area contributed by atoms with Crippen LogP contribution in [0, 0.1) is 12.8 Å². The zero-order valence-corrected chi connectivity index (χ0v) is 19.7. The highest BCUT2D eigenvalue weighted by molar-refractivity contribution is 5.99. The zero-order chi connectivity index (χ0) is 24.4. The third-order valence-electron chi connectivity index (χ3n) is 6.80. The summed E-state index contributed by atoms with van der Waals surface area (Å²) in [5, 5.41) is 0.109. The molecule has 1 saturated heterocycles. The number of piperidine rings is 1. The van der Waals surface area contributed by atoms with E-state index < -0.39 is 17.5 Å². The summed E-state index contributed by atoms with van der Waals surface area (Å²) >= 11 is 0. The first-order chi connectivity index (χ1) is 17.0. The molecule has 0 aliphatic carbocycles. The van der Waals surface area contributed by atoms with E-state index in [1.54, 1.807) is 13.0 Å². The Morgan fingerprint density at radius 1 is 0.914 bits per heavy atom. The SMILES string of the molecule is Cc1cc2on(CCC3CCN(CCc4ccccc4)CC3)c(=O)c2c2c1OC(=O)/C=C/C(=O)O2. The van der Waals surface area contributed by atoms with Gasteiger partial charge in [0.1, 0.15) is 5.39 Å². The van der Waals surface area contributed by atoms with Gasteiger partial charge in [-0.05, 0) is 68.8 Å². The molecule has 0 unspecified atom stereocenters. The van der Waals surface area contributed by atoms with Crippen molar-refractivity contribution in [3.63, 3.8) is 0 Å². The van der Waals surface area contributed by atoms with Gasteiger partial charge in [0.2, 0.25) is 0 Å². The van der Waals surface area contributed by atoms with E-state index in [9.17, 15) is 14.4 Å². The number of likely N-dealkylation sites (tertiary alicyclic amines) is 1. The van der Waals surface area contributed by atoms with Crippen molar-refractivity contribution in [2.24, 2.45) is 5.92 Å². The normalized spacial score (nSPS) is 18.0. The Hall–Kier alpha value is -3.65. The summed E-state index contributed by atoms with van der Waals surface area (Å²) < 4.78 is 17.8. The Morgan fingerprint density at radius 3 is 2.31 bits per heavy atom. The van der Waals surface area contributed by atoms with Gasteiger partial charge >= 0.3 is 11.9 Å². The second kappa shape index (κ2) is 9.92. The summed E-state index contributed by atoms with van der Waals surface area (Å²) in [5.74, 6) is -0.949. The second-order valence-corrected chi connectivity index (χ2v) is 9.21. The predicted molar refractivity (Wildman–Crippen MR) is 130 cm³/mol. The summed E-state index contributed by atoms with van der Waals surface area (Å²) in [7, 11) is 0. The monoisotopic (exact) mass is 476 g/mol. The van der Waals surface area contributed by atoms with Crippen LogP contribution in [0.15, 0.2) is 57.9 Å². The summed E-state index contributed by atoms with van der Waals surface area (Å²) in [6.45, 7) is 5.29. The van der Waals surface area contributed by atoms with Crippen LogP contribution in [0.3, 0.4) is 0 Å². The highest BCUT2D eigenvalue weighted by Crippen LogP contribution is 2.38. The molecule has 3 aromatic rings. The Balaban J connectivity index is 1.24. The molecule has 0 amide bonds. The topological polar surface area (TPSA) is 91.0 Å². The molecule has 0 N–H and O–H groups in total. The summed E-state index contributed by atoms with van der Waals surface area (Å²) in [6.07, 6.45) is 6.01. The zero-order valence-electron chi connectivity index (χ0n) is 19.7. The van der Waals surface area contributed by atoms with E-state index in [2.05, 4.69) is 29.2 Å². The van der Waals surface area contributed by atoms with Crippen LogP contribution in [-0.4, -0.2) is 41.2 Å². The number of hydrogen-bond acceptors (Lipinski definition) is 7. The average molecular weight is 477 g/mol. The van der Waals surface area contributed by atoms with Gasteiger partial charge in [-0.3, -0.25) is 4.79 Å². The number of ether oxygens (including phenoxy) is 2. The minimum atomic E-state index is -0.749. The Labute approximate surface area is 202 Å². The summed E-state index contributed by atoms with van der Waals surface area (Å²) in [5.41, 5.74) is 1.80. The van der Waals surface area contributed by atoms with Crippen LogP contribution in [0.2, 0.25) is 0 Å². The molecule has 0 spiro atoms. The maximum Gasteiger partial charge on any atom is 0.336 e. The van der Waals surface area contributed by atoms with Gasteiger partial charge in [-0.25, -0.2) is 9.59 Å².